The van der Waals surface area contributed by atoms with Crippen molar-refractivity contribution in [1.82, 2.24) is 4.90 Å². The number of carbonyl (C=O) groups excluding carboxylic acids is 1. The summed E-state index contributed by atoms with van der Waals surface area (Å²) in [5.74, 6) is -0.169. The van der Waals surface area contributed by atoms with Gasteiger partial charge in [0.15, 0.2) is 0 Å². The van der Waals surface area contributed by atoms with Gasteiger partial charge in [0.05, 0.1) is 29.7 Å². The molecule has 0 spiro atoms. The summed E-state index contributed by atoms with van der Waals surface area (Å²) < 4.78 is 92.7. The molecule has 2 aromatic carbocycles. The largest absolute Gasteiger partial charge is 0.496 e. The van der Waals surface area contributed by atoms with Crippen molar-refractivity contribution in [3.8, 4) is 5.75 Å². The molecule has 2 aliphatic carbocycles. The normalized spacial score (nSPS) is 22.6. The van der Waals surface area contributed by atoms with Gasteiger partial charge in [-0.05, 0) is 110 Å². The highest BCUT2D eigenvalue weighted by molar-refractivity contribution is 5.77. The Morgan fingerprint density at radius 2 is 1.66 bits per heavy atom. The third kappa shape index (κ3) is 7.11. The van der Waals surface area contributed by atoms with E-state index in [2.05, 4.69) is 13.8 Å². The van der Waals surface area contributed by atoms with Crippen LogP contribution in [0, 0.1) is 10.8 Å². The molecule has 1 amide bonds. The van der Waals surface area contributed by atoms with E-state index in [1.807, 2.05) is 18.2 Å². The number of hydrogen-bond donors (Lipinski definition) is 1. The molecule has 6 nitrogen and oxygen atoms in total. The number of cyclic esters (lactones) is 1. The molecule has 2 atom stereocenters. The Balaban J connectivity index is 1.48. The molecule has 5 rings (SSSR count). The van der Waals surface area contributed by atoms with Crippen LogP contribution in [0.5, 0.6) is 5.75 Å². The van der Waals surface area contributed by atoms with Crippen molar-refractivity contribution in [2.75, 3.05) is 13.7 Å². The molecule has 2 fully saturated rings. The van der Waals surface area contributed by atoms with Crippen LogP contribution in [0.1, 0.15) is 99.6 Å². The van der Waals surface area contributed by atoms with Crippen molar-refractivity contribution in [1.29, 1.82) is 0 Å². The molecular weight excluding hydrogens is 628 g/mol. The van der Waals surface area contributed by atoms with Gasteiger partial charge in [-0.15, -0.1) is 0 Å². The summed E-state index contributed by atoms with van der Waals surface area (Å²) in [5.41, 5.74) is -0.568. The second kappa shape index (κ2) is 12.4. The summed E-state index contributed by atoms with van der Waals surface area (Å²) in [6.45, 7) is 5.81. The van der Waals surface area contributed by atoms with Crippen LogP contribution in [-0.2, 0) is 28.3 Å². The molecule has 1 heterocycles. The van der Waals surface area contributed by atoms with Crippen LogP contribution in [0.2, 0.25) is 0 Å². The molecule has 1 saturated heterocycles. The van der Waals surface area contributed by atoms with Crippen LogP contribution in [-0.4, -0.2) is 41.8 Å². The first-order chi connectivity index (χ1) is 21.8. The maximum atomic E-state index is 13.6. The van der Waals surface area contributed by atoms with Crippen molar-refractivity contribution in [3.05, 3.63) is 69.8 Å². The number of carboxylic acid groups (broad SMARTS) is 1. The van der Waals surface area contributed by atoms with Gasteiger partial charge < -0.3 is 14.6 Å². The van der Waals surface area contributed by atoms with Crippen molar-refractivity contribution in [2.24, 2.45) is 10.8 Å². The van der Waals surface area contributed by atoms with E-state index in [-0.39, 0.29) is 23.6 Å². The predicted octanol–water partition coefficient (Wildman–Crippen LogP) is 9.47. The summed E-state index contributed by atoms with van der Waals surface area (Å²) in [7, 11) is 1.55. The van der Waals surface area contributed by atoms with Gasteiger partial charge in [-0.1, -0.05) is 26.3 Å². The summed E-state index contributed by atoms with van der Waals surface area (Å²) in [6, 6.07) is 6.16. The zero-order chi connectivity index (χ0) is 34.5. The van der Waals surface area contributed by atoms with Crippen molar-refractivity contribution >= 4 is 17.6 Å². The number of halogens is 6. The Morgan fingerprint density at radius 3 is 2.19 bits per heavy atom. The molecule has 2 aromatic rings. The molecule has 1 N–H and O–H groups in total. The van der Waals surface area contributed by atoms with Gasteiger partial charge in [0.25, 0.3) is 0 Å². The fraction of sp³-hybridized carbons (Fsp3) is 0.543. The minimum absolute atomic E-state index is 0.0547. The van der Waals surface area contributed by atoms with Crippen LogP contribution < -0.4 is 4.74 Å². The number of nitrogens with zero attached hydrogens (tertiary/aromatic N) is 1. The quantitative estimate of drug-likeness (QED) is 0.270. The fourth-order valence-electron chi connectivity index (χ4n) is 7.10. The summed E-state index contributed by atoms with van der Waals surface area (Å²) in [6.07, 6.45) is -6.92. The van der Waals surface area contributed by atoms with E-state index in [4.69, 9.17) is 9.47 Å². The van der Waals surface area contributed by atoms with E-state index in [1.165, 1.54) is 4.90 Å². The number of amides is 1. The first-order valence-electron chi connectivity index (χ1n) is 15.7. The lowest BCUT2D eigenvalue weighted by Crippen LogP contribution is -2.38. The summed E-state index contributed by atoms with van der Waals surface area (Å²) >= 11 is 0. The fourth-order valence-corrected chi connectivity index (χ4v) is 7.10. The van der Waals surface area contributed by atoms with E-state index in [0.29, 0.717) is 56.4 Å². The van der Waals surface area contributed by atoms with Crippen LogP contribution in [0.15, 0.2) is 42.0 Å². The molecular formula is C35H39F6NO5. The summed E-state index contributed by atoms with van der Waals surface area (Å²) in [5, 5.41) is 9.78. The highest BCUT2D eigenvalue weighted by atomic mass is 19.4. The predicted molar refractivity (Wildman–Crippen MR) is 162 cm³/mol. The van der Waals surface area contributed by atoms with E-state index in [0.717, 1.165) is 35.1 Å². The van der Waals surface area contributed by atoms with Gasteiger partial charge in [0.2, 0.25) is 0 Å². The van der Waals surface area contributed by atoms with Crippen molar-refractivity contribution in [3.63, 3.8) is 0 Å². The smallest absolute Gasteiger partial charge is 0.416 e. The monoisotopic (exact) mass is 667 g/mol. The van der Waals surface area contributed by atoms with Crippen LogP contribution in [0.25, 0.3) is 5.57 Å². The molecule has 47 heavy (non-hydrogen) atoms. The first kappa shape index (κ1) is 34.6. The topological polar surface area (TPSA) is 76.1 Å². The van der Waals surface area contributed by atoms with Crippen molar-refractivity contribution < 1.29 is 50.5 Å². The number of carbonyl (C=O) groups is 2. The number of carboxylic acids is 1. The SMILES string of the molecule is COc1ccc(CCC2(C(=O)O)CCC2)cc1C1=C(CN2C(=O)OC(c3cc(C(F)(F)F)cc(C(F)(F)F)c3)[C@@H]2C)CC(C)(C)CC1. The first-order valence-corrected chi connectivity index (χ1v) is 15.7. The second-order valence-electron chi connectivity index (χ2n) is 13.9. The van der Waals surface area contributed by atoms with Crippen LogP contribution in [0.3, 0.4) is 0 Å². The number of benzene rings is 2. The van der Waals surface area contributed by atoms with Crippen LogP contribution >= 0.6 is 0 Å². The molecule has 1 unspecified atom stereocenters. The molecule has 0 aromatic heterocycles. The van der Waals surface area contributed by atoms with E-state index >= 15 is 0 Å². The molecule has 3 aliphatic rings. The molecule has 1 saturated carbocycles. The maximum Gasteiger partial charge on any atom is 0.416 e. The number of ether oxygens (including phenoxy) is 2. The lowest BCUT2D eigenvalue weighted by molar-refractivity contribution is -0.155. The Labute approximate surface area is 269 Å². The zero-order valence-corrected chi connectivity index (χ0v) is 26.8. The van der Waals surface area contributed by atoms with Crippen LogP contribution in [0.4, 0.5) is 31.1 Å². The summed E-state index contributed by atoms with van der Waals surface area (Å²) in [4.78, 5) is 26.5. The Morgan fingerprint density at radius 1 is 1.02 bits per heavy atom. The number of hydrogen-bond acceptors (Lipinski definition) is 4. The van der Waals surface area contributed by atoms with Gasteiger partial charge in [-0.3, -0.25) is 9.69 Å². The van der Waals surface area contributed by atoms with E-state index < -0.39 is 53.1 Å². The number of rotatable bonds is 9. The highest BCUT2D eigenvalue weighted by Gasteiger charge is 2.45. The zero-order valence-electron chi connectivity index (χ0n) is 26.8. The van der Waals surface area contributed by atoms with Gasteiger partial charge in [0.1, 0.15) is 11.9 Å². The number of aryl methyl sites for hydroxylation is 1. The van der Waals surface area contributed by atoms with E-state index in [9.17, 15) is 41.0 Å². The van der Waals surface area contributed by atoms with Gasteiger partial charge in [-0.25, -0.2) is 4.79 Å². The Bertz CT molecular complexity index is 1540. The molecule has 12 heteroatoms. The number of allylic oxidation sites excluding steroid dienone is 1. The highest BCUT2D eigenvalue weighted by Crippen LogP contribution is 2.48. The van der Waals surface area contributed by atoms with Crippen molar-refractivity contribution in [2.45, 2.75) is 96.6 Å². The Hall–Kier alpha value is -3.70. The maximum absolute atomic E-state index is 13.6. The molecule has 0 bridgehead atoms. The lowest BCUT2D eigenvalue weighted by Gasteiger charge is -2.38. The Kier molecular flexibility index (Phi) is 9.13. The van der Waals surface area contributed by atoms with Gasteiger partial charge >= 0.3 is 24.4 Å². The average Bonchev–Trinajstić information content (AvgIpc) is 3.23. The van der Waals surface area contributed by atoms with Gasteiger partial charge in [0, 0.05) is 12.1 Å². The minimum atomic E-state index is -5.03. The molecule has 0 radical (unpaired) electrons. The average molecular weight is 668 g/mol. The molecule has 256 valence electrons. The molecule has 1 aliphatic heterocycles. The van der Waals surface area contributed by atoms with E-state index in [1.54, 1.807) is 14.0 Å². The van der Waals surface area contributed by atoms with Gasteiger partial charge in [-0.2, -0.15) is 26.3 Å². The third-order valence-electron chi connectivity index (χ3n) is 10.1. The second-order valence-corrected chi connectivity index (χ2v) is 13.9. The minimum Gasteiger partial charge on any atom is -0.496 e. The number of alkyl halides is 6. The number of aliphatic carboxylic acids is 1. The third-order valence-corrected chi connectivity index (χ3v) is 10.1. The standard InChI is InChI=1S/C35H39F6NO5/c1-20-29(22-15-24(34(36,37)38)17-25(16-22)35(39,40)41)47-31(45)42(20)19-23-18-32(2,3)12-9-26(23)27-14-21(6-7-28(27)46-4)8-13-33(30(43)44)10-5-11-33/h6-7,14-17,20,29H,5,8-13,18-19H2,1-4H3,(H,43,44)/t20-,29?/m0/s1. The number of methoxy groups -OCH3 is 1. The lowest BCUT2D eigenvalue weighted by atomic mass is 9.65.